The van der Waals surface area contributed by atoms with Crippen LogP contribution in [-0.2, 0) is 9.31 Å². The van der Waals surface area contributed by atoms with Crippen LogP contribution in [0, 0.1) is 5.41 Å². The van der Waals surface area contributed by atoms with Crippen LogP contribution in [0.3, 0.4) is 0 Å². The first-order valence-electron chi connectivity index (χ1n) is 5.98. The molecule has 2 saturated heterocycles. The zero-order valence-corrected chi connectivity index (χ0v) is 10.4. The van der Waals surface area contributed by atoms with Gasteiger partial charge in [-0.2, -0.15) is 0 Å². The number of hydrogen-bond acceptors (Lipinski definition) is 3. The lowest BCUT2D eigenvalue weighted by atomic mass is 9.72. The van der Waals surface area contributed by atoms with Gasteiger partial charge in [-0.3, -0.25) is 0 Å². The van der Waals surface area contributed by atoms with Crippen molar-refractivity contribution in [3.8, 4) is 0 Å². The molecule has 16 heavy (non-hydrogen) atoms. The number of rotatable bonds is 1. The Hall–Kier alpha value is -0.125. The Morgan fingerprint density at radius 2 is 1.56 bits per heavy atom. The van der Waals surface area contributed by atoms with Crippen LogP contribution in [-0.4, -0.2) is 37.0 Å². The van der Waals surface area contributed by atoms with Gasteiger partial charge >= 0.3 is 7.12 Å². The van der Waals surface area contributed by atoms with Gasteiger partial charge in [0.05, 0.1) is 11.2 Å². The molecule has 3 aliphatic rings. The Labute approximate surface area is 96.2 Å². The molecular formula is C11H19BFNO2. The standard InChI is InChI=1S/C11H19BFNO2/c1-8(2)9(3,4)16-12(15-8)11(13)5-10(11)6-14-7-10/h14H,5-7H2,1-4H3. The van der Waals surface area contributed by atoms with Gasteiger partial charge in [0.1, 0.15) is 0 Å². The van der Waals surface area contributed by atoms with Crippen LogP contribution < -0.4 is 5.32 Å². The first kappa shape index (κ1) is 11.0. The van der Waals surface area contributed by atoms with Crippen LogP contribution in [0.2, 0.25) is 0 Å². The van der Waals surface area contributed by atoms with Gasteiger partial charge < -0.3 is 14.6 Å². The minimum Gasteiger partial charge on any atom is -0.401 e. The smallest absolute Gasteiger partial charge is 0.401 e. The van der Waals surface area contributed by atoms with E-state index in [4.69, 9.17) is 9.31 Å². The Kier molecular flexibility index (Phi) is 1.82. The number of halogens is 1. The fraction of sp³-hybridized carbons (Fsp3) is 1.00. The van der Waals surface area contributed by atoms with Crippen LogP contribution in [0.25, 0.3) is 0 Å². The van der Waals surface area contributed by atoms with Crippen LogP contribution in [0.15, 0.2) is 0 Å². The van der Waals surface area contributed by atoms with Crippen LogP contribution in [0.5, 0.6) is 0 Å². The first-order valence-corrected chi connectivity index (χ1v) is 5.98. The molecule has 1 atom stereocenters. The molecule has 1 unspecified atom stereocenters. The highest BCUT2D eigenvalue weighted by Gasteiger charge is 2.81. The normalized spacial score (nSPS) is 42.2. The fourth-order valence-electron chi connectivity index (χ4n) is 2.66. The van der Waals surface area contributed by atoms with Gasteiger partial charge in [-0.25, -0.2) is 4.39 Å². The summed E-state index contributed by atoms with van der Waals surface area (Å²) in [5, 5.41) is 3.13. The Bertz CT molecular complexity index is 327. The molecule has 3 rings (SSSR count). The summed E-state index contributed by atoms with van der Waals surface area (Å²) in [7, 11) is -0.695. The molecule has 5 heteroatoms. The predicted molar refractivity (Wildman–Crippen MR) is 59.8 cm³/mol. The SMILES string of the molecule is CC1(C)OB(C2(F)CC23CNC3)OC1(C)C. The summed E-state index contributed by atoms with van der Waals surface area (Å²) in [5.41, 5.74) is -2.34. The van der Waals surface area contributed by atoms with Gasteiger partial charge in [0.15, 0.2) is 5.57 Å². The number of nitrogens with one attached hydrogen (secondary N) is 1. The molecule has 90 valence electrons. The van der Waals surface area contributed by atoms with Gasteiger partial charge in [0.25, 0.3) is 0 Å². The van der Waals surface area contributed by atoms with E-state index >= 15 is 0 Å². The van der Waals surface area contributed by atoms with E-state index in [0.29, 0.717) is 6.42 Å². The summed E-state index contributed by atoms with van der Waals surface area (Å²) < 4.78 is 26.3. The lowest BCUT2D eigenvalue weighted by Gasteiger charge is -2.32. The van der Waals surface area contributed by atoms with E-state index < -0.39 is 23.9 Å². The summed E-state index contributed by atoms with van der Waals surface area (Å²) in [6.07, 6.45) is 0.573. The molecule has 0 bridgehead atoms. The highest BCUT2D eigenvalue weighted by Crippen LogP contribution is 2.65. The van der Waals surface area contributed by atoms with Gasteiger partial charge in [-0.1, -0.05) is 0 Å². The maximum Gasteiger partial charge on any atom is 0.498 e. The van der Waals surface area contributed by atoms with E-state index in [-0.39, 0.29) is 5.41 Å². The van der Waals surface area contributed by atoms with E-state index in [0.717, 1.165) is 13.1 Å². The topological polar surface area (TPSA) is 30.5 Å². The quantitative estimate of drug-likeness (QED) is 0.685. The van der Waals surface area contributed by atoms with Crippen molar-refractivity contribution in [1.82, 2.24) is 5.32 Å². The van der Waals surface area contributed by atoms with Crippen LogP contribution in [0.1, 0.15) is 34.1 Å². The molecule has 0 aromatic rings. The fourth-order valence-corrected chi connectivity index (χ4v) is 2.66. The average molecular weight is 227 g/mol. The molecule has 3 nitrogen and oxygen atoms in total. The zero-order chi connectivity index (χ0) is 11.8. The molecule has 1 spiro atoms. The molecule has 3 fully saturated rings. The third-order valence-electron chi connectivity index (χ3n) is 4.91. The lowest BCUT2D eigenvalue weighted by Crippen LogP contribution is -2.53. The van der Waals surface area contributed by atoms with E-state index in [2.05, 4.69) is 5.32 Å². The van der Waals surface area contributed by atoms with Crippen molar-refractivity contribution in [2.75, 3.05) is 13.1 Å². The van der Waals surface area contributed by atoms with Gasteiger partial charge in [-0.05, 0) is 34.1 Å². The average Bonchev–Trinajstić information content (AvgIpc) is 2.64. The third-order valence-corrected chi connectivity index (χ3v) is 4.91. The summed E-state index contributed by atoms with van der Waals surface area (Å²) in [5.74, 6) is 0. The van der Waals surface area contributed by atoms with Crippen molar-refractivity contribution in [3.63, 3.8) is 0 Å². The van der Waals surface area contributed by atoms with Gasteiger partial charge in [0.2, 0.25) is 0 Å². The highest BCUT2D eigenvalue weighted by atomic mass is 19.1. The van der Waals surface area contributed by atoms with Crippen LogP contribution in [0.4, 0.5) is 4.39 Å². The molecule has 1 N–H and O–H groups in total. The van der Waals surface area contributed by atoms with Crippen molar-refractivity contribution >= 4 is 7.12 Å². The first-order chi connectivity index (χ1) is 7.23. The second-order valence-corrected chi connectivity index (χ2v) is 6.51. The Morgan fingerprint density at radius 1 is 1.06 bits per heavy atom. The van der Waals surface area contributed by atoms with E-state index in [1.807, 2.05) is 27.7 Å². The summed E-state index contributed by atoms with van der Waals surface area (Å²) in [6.45, 7) is 9.37. The van der Waals surface area contributed by atoms with Crippen LogP contribution >= 0.6 is 0 Å². The van der Waals surface area contributed by atoms with E-state index in [1.165, 1.54) is 0 Å². The van der Waals surface area contributed by atoms with Crippen molar-refractivity contribution in [1.29, 1.82) is 0 Å². The van der Waals surface area contributed by atoms with Crippen molar-refractivity contribution in [2.45, 2.75) is 50.9 Å². The minimum absolute atomic E-state index is 0.200. The Morgan fingerprint density at radius 3 is 1.88 bits per heavy atom. The summed E-state index contributed by atoms with van der Waals surface area (Å²) >= 11 is 0. The summed E-state index contributed by atoms with van der Waals surface area (Å²) in [6, 6.07) is 0. The molecule has 0 aromatic heterocycles. The molecular weight excluding hydrogens is 208 g/mol. The van der Waals surface area contributed by atoms with Crippen molar-refractivity contribution < 1.29 is 13.7 Å². The number of alkyl halides is 1. The minimum atomic E-state index is -1.27. The molecule has 2 heterocycles. The zero-order valence-electron chi connectivity index (χ0n) is 10.4. The van der Waals surface area contributed by atoms with E-state index in [9.17, 15) is 4.39 Å². The highest BCUT2D eigenvalue weighted by molar-refractivity contribution is 6.51. The monoisotopic (exact) mass is 227 g/mol. The molecule has 0 aromatic carbocycles. The molecule has 1 saturated carbocycles. The van der Waals surface area contributed by atoms with Gasteiger partial charge in [0, 0.05) is 18.5 Å². The molecule has 0 amide bonds. The largest absolute Gasteiger partial charge is 0.498 e. The lowest BCUT2D eigenvalue weighted by molar-refractivity contribution is 0.00578. The van der Waals surface area contributed by atoms with Crippen molar-refractivity contribution in [3.05, 3.63) is 0 Å². The summed E-state index contributed by atoms with van der Waals surface area (Å²) in [4.78, 5) is 0. The van der Waals surface area contributed by atoms with E-state index in [1.54, 1.807) is 0 Å². The predicted octanol–water partition coefficient (Wildman–Crippen LogP) is 1.32. The number of hydrogen-bond donors (Lipinski definition) is 1. The Balaban J connectivity index is 1.80. The van der Waals surface area contributed by atoms with Crippen molar-refractivity contribution in [2.24, 2.45) is 5.41 Å². The maximum atomic E-state index is 14.7. The molecule has 2 aliphatic heterocycles. The third kappa shape index (κ3) is 1.09. The molecule has 1 aliphatic carbocycles. The maximum absolute atomic E-state index is 14.7. The molecule has 0 radical (unpaired) electrons. The second-order valence-electron chi connectivity index (χ2n) is 6.51. The second kappa shape index (κ2) is 2.65. The van der Waals surface area contributed by atoms with Gasteiger partial charge in [-0.15, -0.1) is 0 Å².